The Labute approximate surface area is 114 Å². The fourth-order valence-corrected chi connectivity index (χ4v) is 2.26. The van der Waals surface area contributed by atoms with Crippen molar-refractivity contribution in [2.24, 2.45) is 0 Å². The highest BCUT2D eigenvalue weighted by Gasteiger charge is 2.11. The largest absolute Gasteiger partial charge is 0.261 e. The lowest BCUT2D eigenvalue weighted by Gasteiger charge is -2.12. The van der Waals surface area contributed by atoms with Gasteiger partial charge in [0.15, 0.2) is 0 Å². The summed E-state index contributed by atoms with van der Waals surface area (Å²) in [6.07, 6.45) is 2.60. The first-order chi connectivity index (χ1) is 8.58. The van der Waals surface area contributed by atoms with Crippen LogP contribution in [0.25, 0.3) is 0 Å². The van der Waals surface area contributed by atoms with E-state index < -0.39 is 0 Å². The number of aromatic nitrogens is 1. The summed E-state index contributed by atoms with van der Waals surface area (Å²) in [4.78, 5) is 4.40. The van der Waals surface area contributed by atoms with E-state index in [-0.39, 0.29) is 5.38 Å². The molecule has 1 nitrogen and oxygen atoms in total. The predicted molar refractivity (Wildman–Crippen MR) is 77.2 cm³/mol. The lowest BCUT2D eigenvalue weighted by atomic mass is 10.0. The minimum Gasteiger partial charge on any atom is -0.261 e. The lowest BCUT2D eigenvalue weighted by Crippen LogP contribution is -2.01. The Balaban J connectivity index is 2.19. The van der Waals surface area contributed by atoms with E-state index >= 15 is 0 Å². The number of benzene rings is 1. The number of nitrogens with zero attached hydrogens (tertiary/aromatic N) is 1. The van der Waals surface area contributed by atoms with E-state index in [1.807, 2.05) is 12.3 Å². The molecule has 2 rings (SSSR count). The van der Waals surface area contributed by atoms with Gasteiger partial charge in [0.1, 0.15) is 0 Å². The molecule has 2 aromatic rings. The van der Waals surface area contributed by atoms with Gasteiger partial charge in [-0.15, -0.1) is 11.6 Å². The molecule has 0 spiro atoms. The van der Waals surface area contributed by atoms with E-state index in [9.17, 15) is 0 Å². The molecule has 0 amide bonds. The average Bonchev–Trinajstić information content (AvgIpc) is 2.35. The third-order valence-electron chi connectivity index (χ3n) is 3.38. The summed E-state index contributed by atoms with van der Waals surface area (Å²) in [5.74, 6) is 0. The molecule has 0 aliphatic carbocycles. The van der Waals surface area contributed by atoms with E-state index in [2.05, 4.69) is 50.0 Å². The van der Waals surface area contributed by atoms with Gasteiger partial charge in [-0.1, -0.05) is 24.3 Å². The highest BCUT2D eigenvalue weighted by Crippen LogP contribution is 2.26. The van der Waals surface area contributed by atoms with Crippen LogP contribution in [0.4, 0.5) is 0 Å². The van der Waals surface area contributed by atoms with Crippen LogP contribution in [0.2, 0.25) is 0 Å². The van der Waals surface area contributed by atoms with Crippen molar-refractivity contribution in [1.82, 2.24) is 4.98 Å². The second-order valence-corrected chi connectivity index (χ2v) is 5.31. The second-order valence-electron chi connectivity index (χ2n) is 4.78. The van der Waals surface area contributed by atoms with Crippen LogP contribution in [0.3, 0.4) is 0 Å². The molecule has 2 heteroatoms. The third-order valence-corrected chi connectivity index (χ3v) is 3.79. The molecule has 1 atom stereocenters. The number of hydrogen-bond acceptors (Lipinski definition) is 1. The molecule has 0 aliphatic heterocycles. The van der Waals surface area contributed by atoms with Gasteiger partial charge in [-0.2, -0.15) is 0 Å². The summed E-state index contributed by atoms with van der Waals surface area (Å²) in [5.41, 5.74) is 6.04. The van der Waals surface area contributed by atoms with E-state index in [4.69, 9.17) is 11.6 Å². The summed E-state index contributed by atoms with van der Waals surface area (Å²) in [5, 5.41) is -0.0158. The van der Waals surface area contributed by atoms with Crippen LogP contribution in [-0.2, 0) is 6.42 Å². The topological polar surface area (TPSA) is 12.9 Å². The van der Waals surface area contributed by atoms with Gasteiger partial charge >= 0.3 is 0 Å². The van der Waals surface area contributed by atoms with Gasteiger partial charge in [0, 0.05) is 18.3 Å². The summed E-state index contributed by atoms with van der Waals surface area (Å²) in [7, 11) is 0. The first-order valence-corrected chi connectivity index (χ1v) is 6.63. The van der Waals surface area contributed by atoms with E-state index in [1.165, 1.54) is 22.3 Å². The van der Waals surface area contributed by atoms with Crippen LogP contribution in [0.15, 0.2) is 36.5 Å². The quantitative estimate of drug-likeness (QED) is 0.738. The van der Waals surface area contributed by atoms with E-state index in [0.29, 0.717) is 0 Å². The van der Waals surface area contributed by atoms with Crippen LogP contribution in [0.1, 0.15) is 33.3 Å². The molecular formula is C16H18ClN. The Morgan fingerprint density at radius 1 is 1.06 bits per heavy atom. The molecule has 0 bridgehead atoms. The number of rotatable bonds is 3. The highest BCUT2D eigenvalue weighted by molar-refractivity contribution is 6.20. The number of halogens is 1. The van der Waals surface area contributed by atoms with Crippen LogP contribution < -0.4 is 0 Å². The predicted octanol–water partition coefficient (Wildman–Crippen LogP) is 4.53. The first kappa shape index (κ1) is 13.1. The van der Waals surface area contributed by atoms with Gasteiger partial charge in [-0.3, -0.25) is 4.98 Å². The highest BCUT2D eigenvalue weighted by atomic mass is 35.5. The van der Waals surface area contributed by atoms with Crippen molar-refractivity contribution in [1.29, 1.82) is 0 Å². The van der Waals surface area contributed by atoms with Crippen LogP contribution in [0, 0.1) is 20.8 Å². The molecule has 0 aliphatic rings. The van der Waals surface area contributed by atoms with Gasteiger partial charge in [0.25, 0.3) is 0 Å². The van der Waals surface area contributed by atoms with Gasteiger partial charge in [0.05, 0.1) is 5.38 Å². The molecule has 1 unspecified atom stereocenters. The number of pyridine rings is 1. The molecule has 1 heterocycles. The van der Waals surface area contributed by atoms with Crippen LogP contribution >= 0.6 is 11.6 Å². The Hall–Kier alpha value is -1.34. The van der Waals surface area contributed by atoms with E-state index in [1.54, 1.807) is 0 Å². The third kappa shape index (κ3) is 2.91. The number of alkyl halides is 1. The van der Waals surface area contributed by atoms with Gasteiger partial charge in [-0.25, -0.2) is 0 Å². The van der Waals surface area contributed by atoms with Crippen LogP contribution in [-0.4, -0.2) is 4.98 Å². The molecule has 94 valence electrons. The van der Waals surface area contributed by atoms with Crippen molar-refractivity contribution in [2.45, 2.75) is 32.6 Å². The Kier molecular flexibility index (Phi) is 4.03. The summed E-state index contributed by atoms with van der Waals surface area (Å²) < 4.78 is 0. The maximum atomic E-state index is 6.50. The van der Waals surface area contributed by atoms with Crippen LogP contribution in [0.5, 0.6) is 0 Å². The second kappa shape index (κ2) is 5.53. The fraction of sp³-hybridized carbons (Fsp3) is 0.312. The lowest BCUT2D eigenvalue weighted by molar-refractivity contribution is 0.868. The molecule has 0 fully saturated rings. The molecule has 18 heavy (non-hydrogen) atoms. The molecule has 0 radical (unpaired) electrons. The smallest absolute Gasteiger partial charge is 0.0640 e. The normalized spacial score (nSPS) is 12.4. The SMILES string of the molecule is Cc1ccc(C(Cl)Cc2ncccc2C)cc1C. The van der Waals surface area contributed by atoms with Gasteiger partial charge in [0.2, 0.25) is 0 Å². The fourth-order valence-electron chi connectivity index (χ4n) is 1.98. The number of hydrogen-bond donors (Lipinski definition) is 0. The Bertz CT molecular complexity index is 549. The summed E-state index contributed by atoms with van der Waals surface area (Å²) >= 11 is 6.50. The molecule has 0 saturated heterocycles. The first-order valence-electron chi connectivity index (χ1n) is 6.19. The van der Waals surface area contributed by atoms with Gasteiger partial charge in [-0.05, 0) is 49.1 Å². The average molecular weight is 260 g/mol. The van der Waals surface area contributed by atoms with Crippen molar-refractivity contribution in [3.63, 3.8) is 0 Å². The molecular weight excluding hydrogens is 242 g/mol. The minimum absolute atomic E-state index is 0.0158. The van der Waals surface area contributed by atoms with Crippen molar-refractivity contribution >= 4 is 11.6 Å². The molecule has 0 saturated carbocycles. The summed E-state index contributed by atoms with van der Waals surface area (Å²) in [6, 6.07) is 10.4. The zero-order valence-corrected chi connectivity index (χ0v) is 11.8. The molecule has 1 aromatic carbocycles. The summed E-state index contributed by atoms with van der Waals surface area (Å²) in [6.45, 7) is 6.31. The zero-order chi connectivity index (χ0) is 13.1. The molecule has 1 aromatic heterocycles. The maximum Gasteiger partial charge on any atom is 0.0640 e. The van der Waals surface area contributed by atoms with Crippen molar-refractivity contribution in [3.05, 3.63) is 64.5 Å². The Morgan fingerprint density at radius 3 is 2.50 bits per heavy atom. The standard InChI is InChI=1S/C16H18ClN/c1-11-6-7-14(9-13(11)3)15(17)10-16-12(2)5-4-8-18-16/h4-9,15H,10H2,1-3H3. The zero-order valence-electron chi connectivity index (χ0n) is 11.1. The minimum atomic E-state index is -0.0158. The van der Waals surface area contributed by atoms with Crippen molar-refractivity contribution in [3.8, 4) is 0 Å². The number of aryl methyl sites for hydroxylation is 3. The van der Waals surface area contributed by atoms with Gasteiger partial charge < -0.3 is 0 Å². The molecule has 0 N–H and O–H groups in total. The Morgan fingerprint density at radius 2 is 1.83 bits per heavy atom. The van der Waals surface area contributed by atoms with Crippen molar-refractivity contribution < 1.29 is 0 Å². The van der Waals surface area contributed by atoms with Crippen molar-refractivity contribution in [2.75, 3.05) is 0 Å². The van der Waals surface area contributed by atoms with E-state index in [0.717, 1.165) is 12.1 Å². The maximum absolute atomic E-state index is 6.50. The monoisotopic (exact) mass is 259 g/mol.